The van der Waals surface area contributed by atoms with Gasteiger partial charge in [-0.25, -0.2) is 9.97 Å². The molecule has 9 nitrogen and oxygen atoms in total. The van der Waals surface area contributed by atoms with Crippen molar-refractivity contribution in [1.82, 2.24) is 25.1 Å². The number of carbonyl (C=O) groups excluding carboxylic acids is 1. The topological polar surface area (TPSA) is 96.4 Å². The van der Waals surface area contributed by atoms with Gasteiger partial charge in [0.05, 0.1) is 12.7 Å². The lowest BCUT2D eigenvalue weighted by Crippen LogP contribution is -2.49. The van der Waals surface area contributed by atoms with Crippen LogP contribution >= 0.6 is 0 Å². The summed E-state index contributed by atoms with van der Waals surface area (Å²) in [4.78, 5) is 25.0. The summed E-state index contributed by atoms with van der Waals surface area (Å²) in [6, 6.07) is 11.1. The molecule has 3 aromatic rings. The molecule has 154 valence electrons. The van der Waals surface area contributed by atoms with Gasteiger partial charge in [-0.3, -0.25) is 4.79 Å². The van der Waals surface area contributed by atoms with Crippen LogP contribution in [-0.4, -0.2) is 64.3 Å². The molecule has 0 spiro atoms. The number of piperazine rings is 1. The highest BCUT2D eigenvalue weighted by molar-refractivity contribution is 5.94. The number of aromatic nitrogens is 4. The first-order valence-electron chi connectivity index (χ1n) is 9.70. The molecule has 0 atom stereocenters. The summed E-state index contributed by atoms with van der Waals surface area (Å²) in [5.41, 5.74) is 1.68. The van der Waals surface area contributed by atoms with Gasteiger partial charge in [0.2, 0.25) is 5.88 Å². The predicted octanol–water partition coefficient (Wildman–Crippen LogP) is 2.29. The Morgan fingerprint density at radius 2 is 1.83 bits per heavy atom. The Morgan fingerprint density at radius 1 is 1.00 bits per heavy atom. The molecule has 0 unspecified atom stereocenters. The van der Waals surface area contributed by atoms with E-state index >= 15 is 0 Å². The van der Waals surface area contributed by atoms with Gasteiger partial charge in [-0.15, -0.1) is 10.2 Å². The number of ether oxygens (including phenoxy) is 1. The maximum Gasteiger partial charge on any atom is 0.255 e. The highest BCUT2D eigenvalue weighted by atomic mass is 16.5. The van der Waals surface area contributed by atoms with Crippen LogP contribution in [0.2, 0.25) is 0 Å². The summed E-state index contributed by atoms with van der Waals surface area (Å²) >= 11 is 0. The molecule has 0 aliphatic carbocycles. The Balaban J connectivity index is 1.33. The molecule has 0 aromatic carbocycles. The van der Waals surface area contributed by atoms with E-state index < -0.39 is 0 Å². The number of aryl methyl sites for hydroxylation is 1. The minimum Gasteiger partial charge on any atom is -0.481 e. The SMILES string of the molecule is COc1ccc(C(=O)N2CCN(c3ccc(Nc4cc(C)ccn4)nn3)CC2)cn1. The number of nitrogens with zero attached hydrogens (tertiary/aromatic N) is 6. The van der Waals surface area contributed by atoms with E-state index in [0.717, 1.165) is 17.2 Å². The Kier molecular flexibility index (Phi) is 5.69. The molecule has 1 amide bonds. The third kappa shape index (κ3) is 4.45. The van der Waals surface area contributed by atoms with Crippen molar-refractivity contribution in [3.8, 4) is 5.88 Å². The molecule has 4 heterocycles. The van der Waals surface area contributed by atoms with E-state index in [1.807, 2.05) is 36.1 Å². The normalized spacial score (nSPS) is 13.8. The van der Waals surface area contributed by atoms with Gasteiger partial charge in [0.25, 0.3) is 5.91 Å². The van der Waals surface area contributed by atoms with Crippen LogP contribution in [0, 0.1) is 6.92 Å². The monoisotopic (exact) mass is 405 g/mol. The van der Waals surface area contributed by atoms with E-state index in [-0.39, 0.29) is 5.91 Å². The molecular formula is C21H23N7O2. The van der Waals surface area contributed by atoms with Crippen LogP contribution in [-0.2, 0) is 0 Å². The van der Waals surface area contributed by atoms with E-state index in [1.54, 1.807) is 31.6 Å². The van der Waals surface area contributed by atoms with Gasteiger partial charge >= 0.3 is 0 Å². The van der Waals surface area contributed by atoms with Crippen molar-refractivity contribution < 1.29 is 9.53 Å². The number of amides is 1. The van der Waals surface area contributed by atoms with Gasteiger partial charge in [-0.05, 0) is 42.8 Å². The Bertz CT molecular complexity index is 1000. The van der Waals surface area contributed by atoms with Gasteiger partial charge in [0.1, 0.15) is 5.82 Å². The molecule has 1 saturated heterocycles. The predicted molar refractivity (Wildman–Crippen MR) is 113 cm³/mol. The lowest BCUT2D eigenvalue weighted by atomic mass is 10.2. The van der Waals surface area contributed by atoms with Crippen LogP contribution in [0.4, 0.5) is 17.5 Å². The van der Waals surface area contributed by atoms with Crippen molar-refractivity contribution in [1.29, 1.82) is 0 Å². The zero-order chi connectivity index (χ0) is 20.9. The zero-order valence-corrected chi connectivity index (χ0v) is 16.9. The first-order valence-corrected chi connectivity index (χ1v) is 9.70. The molecule has 9 heteroatoms. The molecule has 0 radical (unpaired) electrons. The molecular weight excluding hydrogens is 382 g/mol. The smallest absolute Gasteiger partial charge is 0.255 e. The van der Waals surface area contributed by atoms with Crippen LogP contribution in [0.5, 0.6) is 5.88 Å². The number of hydrogen-bond donors (Lipinski definition) is 1. The van der Waals surface area contributed by atoms with Crippen LogP contribution in [0.25, 0.3) is 0 Å². The second-order valence-electron chi connectivity index (χ2n) is 6.99. The lowest BCUT2D eigenvalue weighted by molar-refractivity contribution is 0.0746. The largest absolute Gasteiger partial charge is 0.481 e. The minimum absolute atomic E-state index is 0.0268. The summed E-state index contributed by atoms with van der Waals surface area (Å²) < 4.78 is 5.04. The maximum absolute atomic E-state index is 12.7. The van der Waals surface area contributed by atoms with Crippen molar-refractivity contribution in [3.05, 3.63) is 59.9 Å². The minimum atomic E-state index is -0.0268. The van der Waals surface area contributed by atoms with Gasteiger partial charge < -0.3 is 19.9 Å². The average Bonchev–Trinajstić information content (AvgIpc) is 2.79. The van der Waals surface area contributed by atoms with E-state index in [0.29, 0.717) is 43.4 Å². The number of methoxy groups -OCH3 is 1. The van der Waals surface area contributed by atoms with Crippen molar-refractivity contribution in [3.63, 3.8) is 0 Å². The van der Waals surface area contributed by atoms with Crippen molar-refractivity contribution in [2.75, 3.05) is 43.5 Å². The summed E-state index contributed by atoms with van der Waals surface area (Å²) in [5.74, 6) is 2.62. The molecule has 3 aromatic heterocycles. The molecule has 4 rings (SSSR count). The van der Waals surface area contributed by atoms with Gasteiger partial charge in [-0.2, -0.15) is 0 Å². The standard InChI is InChI=1S/C21H23N7O2/c1-15-7-8-22-18(13-15)24-17-4-5-19(26-25-17)27-9-11-28(12-10-27)21(29)16-3-6-20(30-2)23-14-16/h3-8,13-14H,9-12H2,1-2H3,(H,22,24,25). The molecule has 1 fully saturated rings. The number of carbonyl (C=O) groups is 1. The Hall–Kier alpha value is -3.75. The fraction of sp³-hybridized carbons (Fsp3) is 0.286. The molecule has 1 aliphatic heterocycles. The lowest BCUT2D eigenvalue weighted by Gasteiger charge is -2.35. The average molecular weight is 405 g/mol. The van der Waals surface area contributed by atoms with Gasteiger partial charge in [-0.1, -0.05) is 0 Å². The van der Waals surface area contributed by atoms with Crippen LogP contribution in [0.3, 0.4) is 0 Å². The fourth-order valence-corrected chi connectivity index (χ4v) is 3.25. The number of rotatable bonds is 5. The molecule has 1 aliphatic rings. The van der Waals surface area contributed by atoms with E-state index in [1.165, 1.54) is 0 Å². The molecule has 0 bridgehead atoms. The van der Waals surface area contributed by atoms with Gasteiger partial charge in [0, 0.05) is 44.6 Å². The second kappa shape index (κ2) is 8.73. The van der Waals surface area contributed by atoms with Crippen molar-refractivity contribution in [2.24, 2.45) is 0 Å². The Labute approximate surface area is 174 Å². The number of nitrogens with one attached hydrogen (secondary N) is 1. The summed E-state index contributed by atoms with van der Waals surface area (Å²) in [6.07, 6.45) is 3.30. The molecule has 1 N–H and O–H groups in total. The van der Waals surface area contributed by atoms with E-state index in [2.05, 4.69) is 30.4 Å². The maximum atomic E-state index is 12.7. The number of anilines is 3. The van der Waals surface area contributed by atoms with Gasteiger partial charge in [0.15, 0.2) is 11.6 Å². The van der Waals surface area contributed by atoms with Crippen LogP contribution in [0.15, 0.2) is 48.8 Å². The van der Waals surface area contributed by atoms with E-state index in [9.17, 15) is 4.79 Å². The first kappa shape index (κ1) is 19.6. The summed E-state index contributed by atoms with van der Waals surface area (Å²) in [6.45, 7) is 4.61. The number of hydrogen-bond acceptors (Lipinski definition) is 8. The fourth-order valence-electron chi connectivity index (χ4n) is 3.25. The summed E-state index contributed by atoms with van der Waals surface area (Å²) in [7, 11) is 1.55. The Morgan fingerprint density at radius 3 is 2.47 bits per heavy atom. The molecule has 30 heavy (non-hydrogen) atoms. The van der Waals surface area contributed by atoms with E-state index in [4.69, 9.17) is 4.74 Å². The highest BCUT2D eigenvalue weighted by Gasteiger charge is 2.23. The first-order chi connectivity index (χ1) is 14.6. The zero-order valence-electron chi connectivity index (χ0n) is 16.9. The second-order valence-corrected chi connectivity index (χ2v) is 6.99. The molecule has 0 saturated carbocycles. The number of pyridine rings is 2. The third-order valence-electron chi connectivity index (χ3n) is 4.91. The third-order valence-corrected chi connectivity index (χ3v) is 4.91. The highest BCUT2D eigenvalue weighted by Crippen LogP contribution is 2.18. The van der Waals surface area contributed by atoms with Crippen LogP contribution < -0.4 is 15.0 Å². The van der Waals surface area contributed by atoms with Crippen molar-refractivity contribution >= 4 is 23.4 Å². The van der Waals surface area contributed by atoms with Crippen LogP contribution in [0.1, 0.15) is 15.9 Å². The summed E-state index contributed by atoms with van der Waals surface area (Å²) in [5, 5.41) is 11.7. The quantitative estimate of drug-likeness (QED) is 0.691. The van der Waals surface area contributed by atoms with Crippen molar-refractivity contribution in [2.45, 2.75) is 6.92 Å².